The average molecular weight is 190 g/mol. The third kappa shape index (κ3) is 6.21. The Morgan fingerprint density at radius 2 is 1.43 bits per heavy atom. The van der Waals surface area contributed by atoms with Gasteiger partial charge in [-0.2, -0.15) is 0 Å². The van der Waals surface area contributed by atoms with E-state index in [2.05, 4.69) is 25.2 Å². The van der Waals surface area contributed by atoms with Crippen molar-refractivity contribution in [1.29, 1.82) is 0 Å². The van der Waals surface area contributed by atoms with Crippen molar-refractivity contribution in [3.63, 3.8) is 0 Å². The lowest BCUT2D eigenvalue weighted by Gasteiger charge is -1.98. The number of benzene rings is 1. The molecule has 0 spiro atoms. The van der Waals surface area contributed by atoms with Crippen LogP contribution in [0.5, 0.6) is 0 Å². The highest BCUT2D eigenvalue weighted by Gasteiger charge is 1.88. The lowest BCUT2D eigenvalue weighted by atomic mass is 10.1. The molecule has 1 aliphatic carbocycles. The van der Waals surface area contributed by atoms with Crippen LogP contribution in [-0.4, -0.2) is 5.48 Å². The van der Waals surface area contributed by atoms with Gasteiger partial charge in [0.05, 0.1) is 0 Å². The second-order valence-corrected chi connectivity index (χ2v) is 3.13. The molecule has 1 aromatic carbocycles. The molecule has 0 saturated heterocycles. The van der Waals surface area contributed by atoms with Crippen molar-refractivity contribution in [3.05, 3.63) is 60.2 Å². The lowest BCUT2D eigenvalue weighted by Crippen LogP contribution is -1.78. The monoisotopic (exact) mass is 190 g/mol. The van der Waals surface area contributed by atoms with E-state index in [-0.39, 0.29) is 5.48 Å². The summed E-state index contributed by atoms with van der Waals surface area (Å²) in [6.07, 6.45) is 8.99. The molecule has 2 N–H and O–H groups in total. The zero-order valence-corrected chi connectivity index (χ0v) is 8.61. The summed E-state index contributed by atoms with van der Waals surface area (Å²) in [7, 11) is 0. The molecule has 0 atom stereocenters. The molecule has 1 heteroatoms. The van der Waals surface area contributed by atoms with Gasteiger partial charge in [-0.05, 0) is 19.8 Å². The summed E-state index contributed by atoms with van der Waals surface area (Å²) in [4.78, 5) is 0. The normalized spacial score (nSPS) is 13.1. The van der Waals surface area contributed by atoms with Gasteiger partial charge < -0.3 is 5.48 Å². The van der Waals surface area contributed by atoms with Crippen LogP contribution in [0.4, 0.5) is 0 Å². The van der Waals surface area contributed by atoms with Crippen molar-refractivity contribution >= 4 is 0 Å². The fraction of sp³-hybridized carbons (Fsp3) is 0.231. The van der Waals surface area contributed by atoms with Crippen molar-refractivity contribution in [1.82, 2.24) is 0 Å². The minimum absolute atomic E-state index is 0. The Labute approximate surface area is 86.1 Å². The molecule has 0 aliphatic heterocycles. The average Bonchev–Trinajstić information content (AvgIpc) is 2.22. The van der Waals surface area contributed by atoms with Crippen molar-refractivity contribution in [2.45, 2.75) is 19.8 Å². The van der Waals surface area contributed by atoms with E-state index in [1.54, 1.807) is 0 Å². The summed E-state index contributed by atoms with van der Waals surface area (Å²) in [6.45, 7) is 2.17. The molecule has 14 heavy (non-hydrogen) atoms. The van der Waals surface area contributed by atoms with E-state index in [4.69, 9.17) is 0 Å². The van der Waals surface area contributed by atoms with Gasteiger partial charge in [0.25, 0.3) is 0 Å². The summed E-state index contributed by atoms with van der Waals surface area (Å²) in [5, 5.41) is 0. The highest BCUT2D eigenvalue weighted by Crippen LogP contribution is 2.08. The van der Waals surface area contributed by atoms with Crippen molar-refractivity contribution in [2.75, 3.05) is 0 Å². The largest absolute Gasteiger partial charge is 0.412 e. The lowest BCUT2D eigenvalue weighted by molar-refractivity contribution is 0.824. The molecule has 76 valence electrons. The molecular formula is C13H18O. The van der Waals surface area contributed by atoms with Crippen LogP contribution in [-0.2, 0) is 0 Å². The van der Waals surface area contributed by atoms with E-state index in [1.807, 2.05) is 36.4 Å². The summed E-state index contributed by atoms with van der Waals surface area (Å²) >= 11 is 0. The van der Waals surface area contributed by atoms with E-state index >= 15 is 0 Å². The number of hydrogen-bond donors (Lipinski definition) is 0. The topological polar surface area (TPSA) is 31.5 Å². The quantitative estimate of drug-likeness (QED) is 0.602. The highest BCUT2D eigenvalue weighted by atomic mass is 16.0. The maximum Gasteiger partial charge on any atom is -0.0285 e. The van der Waals surface area contributed by atoms with Gasteiger partial charge in [-0.25, -0.2) is 0 Å². The van der Waals surface area contributed by atoms with Gasteiger partial charge >= 0.3 is 0 Å². The Hall–Kier alpha value is -1.34. The Morgan fingerprint density at radius 3 is 1.64 bits per heavy atom. The standard InChI is InChI=1S/C7H10.C6H6.H2O/c1-7-5-3-2-4-6-7;1-2-4-6-5-3-1;/h2-3,5H,4,6H2,1H3;1-6H;1H2. The molecule has 0 radical (unpaired) electrons. The number of hydrogen-bond acceptors (Lipinski definition) is 0. The predicted molar refractivity (Wildman–Crippen MR) is 62.2 cm³/mol. The fourth-order valence-electron chi connectivity index (χ4n) is 1.11. The van der Waals surface area contributed by atoms with Gasteiger partial charge in [-0.3, -0.25) is 0 Å². The van der Waals surface area contributed by atoms with Gasteiger partial charge in [0.2, 0.25) is 0 Å². The first kappa shape index (κ1) is 12.7. The third-order valence-electron chi connectivity index (χ3n) is 1.89. The van der Waals surface area contributed by atoms with Crippen LogP contribution in [0.15, 0.2) is 60.2 Å². The van der Waals surface area contributed by atoms with Crippen LogP contribution in [0.25, 0.3) is 0 Å². The molecular weight excluding hydrogens is 172 g/mol. The molecule has 0 amide bonds. The second-order valence-electron chi connectivity index (χ2n) is 3.13. The molecule has 0 unspecified atom stereocenters. The van der Waals surface area contributed by atoms with E-state index in [0.29, 0.717) is 0 Å². The molecule has 0 bridgehead atoms. The van der Waals surface area contributed by atoms with Crippen LogP contribution in [0.1, 0.15) is 19.8 Å². The van der Waals surface area contributed by atoms with E-state index < -0.39 is 0 Å². The van der Waals surface area contributed by atoms with E-state index in [1.165, 1.54) is 18.4 Å². The maximum atomic E-state index is 2.20. The van der Waals surface area contributed by atoms with Gasteiger partial charge in [0.15, 0.2) is 0 Å². The van der Waals surface area contributed by atoms with Gasteiger partial charge in [0.1, 0.15) is 0 Å². The van der Waals surface area contributed by atoms with E-state index in [0.717, 1.165) is 0 Å². The highest BCUT2D eigenvalue weighted by molar-refractivity contribution is 5.15. The maximum absolute atomic E-state index is 2.20. The fourth-order valence-corrected chi connectivity index (χ4v) is 1.11. The Kier molecular flexibility index (Phi) is 7.48. The molecule has 1 aromatic rings. The third-order valence-corrected chi connectivity index (χ3v) is 1.89. The Morgan fingerprint density at radius 1 is 0.929 bits per heavy atom. The molecule has 1 nitrogen and oxygen atoms in total. The van der Waals surface area contributed by atoms with E-state index in [9.17, 15) is 0 Å². The number of allylic oxidation sites excluding steroid dienone is 4. The smallest absolute Gasteiger partial charge is 0.0285 e. The first-order chi connectivity index (χ1) is 6.39. The molecule has 2 rings (SSSR count). The summed E-state index contributed by atoms with van der Waals surface area (Å²) in [5.41, 5.74) is 1.50. The molecule has 0 saturated carbocycles. The van der Waals surface area contributed by atoms with Gasteiger partial charge in [0, 0.05) is 0 Å². The first-order valence-electron chi connectivity index (χ1n) is 4.72. The Bertz CT molecular complexity index is 246. The zero-order valence-electron chi connectivity index (χ0n) is 8.61. The second kappa shape index (κ2) is 8.27. The van der Waals surface area contributed by atoms with Crippen LogP contribution in [0.2, 0.25) is 0 Å². The van der Waals surface area contributed by atoms with Crippen LogP contribution < -0.4 is 0 Å². The van der Waals surface area contributed by atoms with Crippen LogP contribution >= 0.6 is 0 Å². The van der Waals surface area contributed by atoms with Crippen molar-refractivity contribution in [3.8, 4) is 0 Å². The molecule has 0 heterocycles. The Balaban J connectivity index is 0.000000227. The predicted octanol–water partition coefficient (Wildman–Crippen LogP) is 3.14. The SMILES string of the molecule is CC1=CC=CCC1.O.c1ccccc1. The first-order valence-corrected chi connectivity index (χ1v) is 4.72. The van der Waals surface area contributed by atoms with Gasteiger partial charge in [-0.15, -0.1) is 0 Å². The molecule has 0 aromatic heterocycles. The minimum atomic E-state index is 0. The van der Waals surface area contributed by atoms with Crippen LogP contribution in [0, 0.1) is 0 Å². The van der Waals surface area contributed by atoms with Crippen molar-refractivity contribution < 1.29 is 5.48 Å². The minimum Gasteiger partial charge on any atom is -0.412 e. The van der Waals surface area contributed by atoms with Gasteiger partial charge in [-0.1, -0.05) is 60.2 Å². The van der Waals surface area contributed by atoms with Crippen molar-refractivity contribution in [2.24, 2.45) is 0 Å². The molecule has 0 fully saturated rings. The zero-order chi connectivity index (χ0) is 9.36. The molecule has 1 aliphatic rings. The number of rotatable bonds is 0. The summed E-state index contributed by atoms with van der Waals surface area (Å²) < 4.78 is 0. The summed E-state index contributed by atoms with van der Waals surface area (Å²) in [6, 6.07) is 12.0. The summed E-state index contributed by atoms with van der Waals surface area (Å²) in [5.74, 6) is 0. The van der Waals surface area contributed by atoms with Crippen LogP contribution in [0.3, 0.4) is 0 Å².